The van der Waals surface area contributed by atoms with Gasteiger partial charge in [-0.2, -0.15) is 0 Å². The molecular formula is C16H16N2OS. The van der Waals surface area contributed by atoms with Crippen LogP contribution in [0, 0.1) is 0 Å². The Morgan fingerprint density at radius 1 is 1.00 bits per heavy atom. The van der Waals surface area contributed by atoms with Crippen LogP contribution in [-0.4, -0.2) is 16.8 Å². The molecule has 0 atom stereocenters. The molecule has 4 heteroatoms. The van der Waals surface area contributed by atoms with Gasteiger partial charge in [-0.15, -0.1) is 0 Å². The van der Waals surface area contributed by atoms with Gasteiger partial charge in [-0.3, -0.25) is 0 Å². The third kappa shape index (κ3) is 4.50. The molecule has 2 rings (SSSR count). The number of hydrogen-bond donors (Lipinski definition) is 3. The zero-order valence-corrected chi connectivity index (χ0v) is 11.7. The van der Waals surface area contributed by atoms with Crippen molar-refractivity contribution in [1.82, 2.24) is 0 Å². The molecule has 0 radical (unpaired) electrons. The molecule has 0 amide bonds. The average Bonchev–Trinajstić information content (AvgIpc) is 2.46. The predicted octanol–water partition coefficient (Wildman–Crippen LogP) is 3.50. The van der Waals surface area contributed by atoms with Crippen LogP contribution in [0.15, 0.2) is 60.7 Å². The van der Waals surface area contributed by atoms with Crippen LogP contribution in [0.2, 0.25) is 0 Å². The summed E-state index contributed by atoms with van der Waals surface area (Å²) in [6.07, 6.45) is 3.55. The topological polar surface area (TPSA) is 44.3 Å². The van der Waals surface area contributed by atoms with Crippen molar-refractivity contribution in [3.63, 3.8) is 0 Å². The van der Waals surface area contributed by atoms with Gasteiger partial charge in [0, 0.05) is 11.4 Å². The van der Waals surface area contributed by atoms with E-state index in [1.54, 1.807) is 6.08 Å². The molecule has 0 spiro atoms. The molecule has 0 aliphatic rings. The molecule has 0 saturated heterocycles. The summed E-state index contributed by atoms with van der Waals surface area (Å²) >= 11 is 5.27. The maximum atomic E-state index is 8.77. The summed E-state index contributed by atoms with van der Waals surface area (Å²) in [6, 6.07) is 17.6. The molecule has 0 aliphatic heterocycles. The summed E-state index contributed by atoms with van der Waals surface area (Å²) in [4.78, 5) is 0. The van der Waals surface area contributed by atoms with E-state index in [-0.39, 0.29) is 6.61 Å². The molecule has 3 N–H and O–H groups in total. The summed E-state index contributed by atoms with van der Waals surface area (Å²) in [7, 11) is 0. The van der Waals surface area contributed by atoms with Gasteiger partial charge in [0.05, 0.1) is 6.61 Å². The Labute approximate surface area is 124 Å². The summed E-state index contributed by atoms with van der Waals surface area (Å²) < 4.78 is 0. The van der Waals surface area contributed by atoms with Gasteiger partial charge in [0.2, 0.25) is 0 Å². The minimum atomic E-state index is 0.0334. The van der Waals surface area contributed by atoms with E-state index < -0.39 is 0 Å². The van der Waals surface area contributed by atoms with Crippen molar-refractivity contribution in [1.29, 1.82) is 0 Å². The molecule has 0 fully saturated rings. The summed E-state index contributed by atoms with van der Waals surface area (Å²) in [5.74, 6) is 0. The molecule has 3 nitrogen and oxygen atoms in total. The van der Waals surface area contributed by atoms with Gasteiger partial charge < -0.3 is 15.7 Å². The highest BCUT2D eigenvalue weighted by Crippen LogP contribution is 2.13. The highest BCUT2D eigenvalue weighted by atomic mass is 32.1. The minimum Gasteiger partial charge on any atom is -0.392 e. The third-order valence-electron chi connectivity index (χ3n) is 2.59. The Morgan fingerprint density at radius 3 is 2.45 bits per heavy atom. The summed E-state index contributed by atoms with van der Waals surface area (Å²) in [5.41, 5.74) is 2.85. The Hall–Kier alpha value is -2.17. The van der Waals surface area contributed by atoms with Crippen molar-refractivity contribution in [3.8, 4) is 0 Å². The van der Waals surface area contributed by atoms with Crippen molar-refractivity contribution in [2.75, 3.05) is 17.2 Å². The van der Waals surface area contributed by atoms with Gasteiger partial charge in [0.15, 0.2) is 5.11 Å². The summed E-state index contributed by atoms with van der Waals surface area (Å²) in [5, 5.41) is 15.6. The van der Waals surface area contributed by atoms with Crippen molar-refractivity contribution in [2.24, 2.45) is 0 Å². The smallest absolute Gasteiger partial charge is 0.175 e. The van der Waals surface area contributed by atoms with Gasteiger partial charge in [-0.05, 0) is 42.0 Å². The van der Waals surface area contributed by atoms with Crippen LogP contribution in [0.4, 0.5) is 11.4 Å². The molecule has 0 aromatic heterocycles. The Morgan fingerprint density at radius 2 is 1.70 bits per heavy atom. The number of hydrogen-bond acceptors (Lipinski definition) is 2. The average molecular weight is 284 g/mol. The molecule has 2 aromatic rings. The van der Waals surface area contributed by atoms with Crippen molar-refractivity contribution in [3.05, 3.63) is 66.2 Å². The molecule has 102 valence electrons. The lowest BCUT2D eigenvalue weighted by Crippen LogP contribution is -2.18. The van der Waals surface area contributed by atoms with Crippen molar-refractivity contribution in [2.45, 2.75) is 0 Å². The van der Waals surface area contributed by atoms with E-state index in [4.69, 9.17) is 17.3 Å². The highest BCUT2D eigenvalue weighted by molar-refractivity contribution is 7.80. The Bertz CT molecular complexity index is 596. The Kier molecular flexibility index (Phi) is 5.29. The number of thiocarbonyl (C=S) groups is 1. The van der Waals surface area contributed by atoms with Gasteiger partial charge in [-0.25, -0.2) is 0 Å². The summed E-state index contributed by atoms with van der Waals surface area (Å²) in [6.45, 7) is 0.0334. The normalized spacial score (nSPS) is 10.4. The third-order valence-corrected chi connectivity index (χ3v) is 2.80. The quantitative estimate of drug-likeness (QED) is 0.752. The second-order valence-corrected chi connectivity index (χ2v) is 4.56. The number of rotatable bonds is 4. The number of aliphatic hydroxyl groups excluding tert-OH is 1. The van der Waals surface area contributed by atoms with E-state index in [0.717, 1.165) is 16.9 Å². The van der Waals surface area contributed by atoms with Crippen LogP contribution in [-0.2, 0) is 0 Å². The van der Waals surface area contributed by atoms with Gasteiger partial charge in [0.1, 0.15) is 0 Å². The van der Waals surface area contributed by atoms with Gasteiger partial charge >= 0.3 is 0 Å². The first-order valence-corrected chi connectivity index (χ1v) is 6.69. The molecule has 20 heavy (non-hydrogen) atoms. The van der Waals surface area contributed by atoms with E-state index in [0.29, 0.717) is 5.11 Å². The molecule has 2 aromatic carbocycles. The molecule has 0 bridgehead atoms. The van der Waals surface area contributed by atoms with Crippen molar-refractivity contribution >= 4 is 34.8 Å². The van der Waals surface area contributed by atoms with E-state index >= 15 is 0 Å². The van der Waals surface area contributed by atoms with E-state index in [1.807, 2.05) is 60.7 Å². The highest BCUT2D eigenvalue weighted by Gasteiger charge is 1.98. The second kappa shape index (κ2) is 7.43. The monoisotopic (exact) mass is 284 g/mol. The maximum Gasteiger partial charge on any atom is 0.175 e. The first-order valence-electron chi connectivity index (χ1n) is 6.28. The molecular weight excluding hydrogens is 268 g/mol. The van der Waals surface area contributed by atoms with E-state index in [1.165, 1.54) is 0 Å². The lowest BCUT2D eigenvalue weighted by atomic mass is 10.2. The number of benzene rings is 2. The minimum absolute atomic E-state index is 0.0334. The van der Waals surface area contributed by atoms with Crippen LogP contribution < -0.4 is 10.6 Å². The largest absolute Gasteiger partial charge is 0.392 e. The van der Waals surface area contributed by atoms with Crippen LogP contribution >= 0.6 is 12.2 Å². The number of aliphatic hydroxyl groups is 1. The maximum absolute atomic E-state index is 8.77. The fraction of sp³-hybridized carbons (Fsp3) is 0.0625. The number of para-hydroxylation sites is 1. The van der Waals surface area contributed by atoms with E-state index in [9.17, 15) is 0 Å². The fourth-order valence-corrected chi connectivity index (χ4v) is 1.96. The van der Waals surface area contributed by atoms with Crippen LogP contribution in [0.5, 0.6) is 0 Å². The van der Waals surface area contributed by atoms with Gasteiger partial charge in [-0.1, -0.05) is 42.5 Å². The lowest BCUT2D eigenvalue weighted by Gasteiger charge is -2.10. The number of nitrogens with one attached hydrogen (secondary N) is 2. The standard InChI is InChI=1S/C16H16N2OS/c19-11-5-7-13-6-4-10-15(12-13)18-16(20)17-14-8-2-1-3-9-14/h1-10,12,19H,11H2,(H2,17,18,20)/b7-5+. The molecule has 0 aliphatic carbocycles. The fourth-order valence-electron chi connectivity index (χ4n) is 1.72. The molecule has 0 unspecified atom stereocenters. The van der Waals surface area contributed by atoms with E-state index in [2.05, 4.69) is 10.6 Å². The zero-order chi connectivity index (χ0) is 14.2. The Balaban J connectivity index is 1.99. The zero-order valence-electron chi connectivity index (χ0n) is 10.9. The van der Waals surface area contributed by atoms with Crippen LogP contribution in [0.25, 0.3) is 6.08 Å². The second-order valence-electron chi connectivity index (χ2n) is 4.16. The number of anilines is 2. The van der Waals surface area contributed by atoms with Crippen LogP contribution in [0.3, 0.4) is 0 Å². The first-order chi connectivity index (χ1) is 9.78. The van der Waals surface area contributed by atoms with Gasteiger partial charge in [0.25, 0.3) is 0 Å². The lowest BCUT2D eigenvalue weighted by molar-refractivity contribution is 0.343. The first kappa shape index (κ1) is 14.2. The van der Waals surface area contributed by atoms with Crippen LogP contribution in [0.1, 0.15) is 5.56 Å². The predicted molar refractivity (Wildman–Crippen MR) is 88.8 cm³/mol. The van der Waals surface area contributed by atoms with Crippen molar-refractivity contribution < 1.29 is 5.11 Å². The SMILES string of the molecule is OC/C=C/c1cccc(NC(=S)Nc2ccccc2)c1. The molecule has 0 heterocycles. The molecule has 0 saturated carbocycles.